The fourth-order valence-electron chi connectivity index (χ4n) is 4.51. The molecule has 0 radical (unpaired) electrons. The van der Waals surface area contributed by atoms with E-state index in [-0.39, 0.29) is 22.5 Å². The van der Waals surface area contributed by atoms with Gasteiger partial charge in [0.05, 0.1) is 29.0 Å². The summed E-state index contributed by atoms with van der Waals surface area (Å²) in [5, 5.41) is 13.6. The van der Waals surface area contributed by atoms with Crippen molar-refractivity contribution in [2.24, 2.45) is 0 Å². The number of nitrogens with zero attached hydrogens (tertiary/aromatic N) is 2. The van der Waals surface area contributed by atoms with Crippen molar-refractivity contribution in [2.75, 3.05) is 5.75 Å². The monoisotopic (exact) mass is 619 g/mol. The van der Waals surface area contributed by atoms with E-state index in [1.807, 2.05) is 0 Å². The van der Waals surface area contributed by atoms with Crippen molar-refractivity contribution >= 4 is 39.2 Å². The van der Waals surface area contributed by atoms with E-state index in [9.17, 15) is 31.5 Å². The first-order chi connectivity index (χ1) is 18.7. The summed E-state index contributed by atoms with van der Waals surface area (Å²) in [6, 6.07) is 10.1. The molecule has 4 rings (SSSR count). The van der Waals surface area contributed by atoms with Gasteiger partial charge in [0.25, 0.3) is 5.91 Å². The van der Waals surface area contributed by atoms with Crippen LogP contribution < -0.4 is 9.50 Å². The van der Waals surface area contributed by atoms with E-state index in [1.54, 1.807) is 23.6 Å². The van der Waals surface area contributed by atoms with Gasteiger partial charge in [0.2, 0.25) is 0 Å². The second-order valence-electron chi connectivity index (χ2n) is 9.52. The molecule has 2 unspecified atom stereocenters. The van der Waals surface area contributed by atoms with Crippen LogP contribution in [0.5, 0.6) is 5.75 Å². The fraction of sp³-hybridized carbons (Fsp3) is 0.385. The zero-order chi connectivity index (χ0) is 29.2. The van der Waals surface area contributed by atoms with Crippen LogP contribution in [0.2, 0.25) is 10.0 Å². The summed E-state index contributed by atoms with van der Waals surface area (Å²) in [4.78, 5) is 17.8. The lowest BCUT2D eigenvalue weighted by molar-refractivity contribution is -0.130. The standard InChI is InChI=1S/C26H26Cl2F3N3O5S/c1-15-23(25(36)32-17-3-2-4-19(35)14-17)33-24(21-10-5-16(27)13-22(21)28)34(15)18-6-8-20(9-7-18)39-40(37,38)12-11-26(29,30)31/h5-10,13,17,19,35H,2-4,11-12,14H2,1H3,(H,32,36). The third kappa shape index (κ3) is 7.48. The molecule has 1 heterocycles. The normalized spacial score (nSPS) is 18.0. The summed E-state index contributed by atoms with van der Waals surface area (Å²) < 4.78 is 67.8. The van der Waals surface area contributed by atoms with Gasteiger partial charge in [-0.25, -0.2) is 4.98 Å². The van der Waals surface area contributed by atoms with Crippen molar-refractivity contribution in [1.82, 2.24) is 14.9 Å². The highest BCUT2D eigenvalue weighted by molar-refractivity contribution is 7.87. The number of amides is 1. The molecule has 40 heavy (non-hydrogen) atoms. The Kier molecular flexibility index (Phi) is 9.03. The minimum Gasteiger partial charge on any atom is -0.393 e. The highest BCUT2D eigenvalue weighted by Crippen LogP contribution is 2.34. The Balaban J connectivity index is 1.68. The Hall–Kier alpha value is -2.80. The van der Waals surface area contributed by atoms with Crippen LogP contribution in [0.4, 0.5) is 13.2 Å². The number of benzene rings is 2. The van der Waals surface area contributed by atoms with E-state index < -0.39 is 40.5 Å². The first-order valence-corrected chi connectivity index (χ1v) is 14.7. The second-order valence-corrected chi connectivity index (χ2v) is 12.1. The summed E-state index contributed by atoms with van der Waals surface area (Å²) in [7, 11) is -4.48. The van der Waals surface area contributed by atoms with Crippen molar-refractivity contribution < 1.29 is 35.7 Å². The molecular weight excluding hydrogens is 594 g/mol. The molecule has 2 aromatic carbocycles. The Morgan fingerprint density at radius 2 is 1.88 bits per heavy atom. The van der Waals surface area contributed by atoms with Crippen LogP contribution in [-0.2, 0) is 10.1 Å². The van der Waals surface area contributed by atoms with Crippen LogP contribution in [-0.4, -0.2) is 53.1 Å². The molecule has 14 heteroatoms. The van der Waals surface area contributed by atoms with E-state index in [0.29, 0.717) is 40.6 Å². The molecule has 1 aromatic heterocycles. The van der Waals surface area contributed by atoms with E-state index in [1.165, 1.54) is 30.3 Å². The summed E-state index contributed by atoms with van der Waals surface area (Å²) >= 11 is 12.5. The molecule has 2 atom stereocenters. The third-order valence-corrected chi connectivity index (χ3v) is 8.13. The average molecular weight is 620 g/mol. The number of carbonyl (C=O) groups excluding carboxylic acids is 1. The molecule has 1 aliphatic carbocycles. The predicted molar refractivity (Wildman–Crippen MR) is 145 cm³/mol. The maximum Gasteiger partial charge on any atom is 0.390 e. The molecule has 3 aromatic rings. The zero-order valence-corrected chi connectivity index (χ0v) is 23.5. The van der Waals surface area contributed by atoms with Crippen molar-refractivity contribution in [3.63, 3.8) is 0 Å². The number of carbonyl (C=O) groups is 1. The molecule has 8 nitrogen and oxygen atoms in total. The van der Waals surface area contributed by atoms with Gasteiger partial charge in [0, 0.05) is 22.3 Å². The highest BCUT2D eigenvalue weighted by atomic mass is 35.5. The molecule has 0 bridgehead atoms. The molecular formula is C26H26Cl2F3N3O5S. The van der Waals surface area contributed by atoms with Crippen LogP contribution in [0.25, 0.3) is 17.1 Å². The van der Waals surface area contributed by atoms with Crippen LogP contribution in [0, 0.1) is 6.92 Å². The maximum absolute atomic E-state index is 13.3. The number of rotatable bonds is 8. The van der Waals surface area contributed by atoms with Gasteiger partial charge in [-0.3, -0.25) is 9.36 Å². The molecule has 1 saturated carbocycles. The number of halogens is 5. The van der Waals surface area contributed by atoms with Gasteiger partial charge in [-0.15, -0.1) is 0 Å². The number of nitrogens with one attached hydrogen (secondary N) is 1. The van der Waals surface area contributed by atoms with Gasteiger partial charge in [-0.1, -0.05) is 23.2 Å². The van der Waals surface area contributed by atoms with Crippen molar-refractivity contribution in [1.29, 1.82) is 0 Å². The molecule has 216 valence electrons. The van der Waals surface area contributed by atoms with E-state index >= 15 is 0 Å². The largest absolute Gasteiger partial charge is 0.393 e. The first-order valence-electron chi connectivity index (χ1n) is 12.4. The Morgan fingerprint density at radius 1 is 1.18 bits per heavy atom. The summed E-state index contributed by atoms with van der Waals surface area (Å²) in [6.45, 7) is 1.68. The van der Waals surface area contributed by atoms with Crippen LogP contribution >= 0.6 is 23.2 Å². The molecule has 1 amide bonds. The maximum atomic E-state index is 13.3. The number of alkyl halides is 3. The number of hydrogen-bond donors (Lipinski definition) is 2. The second kappa shape index (κ2) is 12.0. The lowest BCUT2D eigenvalue weighted by Gasteiger charge is -2.26. The molecule has 1 aliphatic rings. The molecule has 0 saturated heterocycles. The number of hydrogen-bond acceptors (Lipinski definition) is 6. The average Bonchev–Trinajstić information content (AvgIpc) is 3.19. The van der Waals surface area contributed by atoms with Crippen molar-refractivity contribution in [3.8, 4) is 22.8 Å². The highest BCUT2D eigenvalue weighted by Gasteiger charge is 2.31. The fourth-order valence-corrected chi connectivity index (χ4v) is 5.97. The minimum absolute atomic E-state index is 0.121. The lowest BCUT2D eigenvalue weighted by atomic mass is 9.93. The van der Waals surface area contributed by atoms with Crippen LogP contribution in [0.15, 0.2) is 42.5 Å². The Morgan fingerprint density at radius 3 is 2.50 bits per heavy atom. The molecule has 0 spiro atoms. The number of aromatic nitrogens is 2. The first kappa shape index (κ1) is 30.2. The van der Waals surface area contributed by atoms with Gasteiger partial charge >= 0.3 is 16.3 Å². The zero-order valence-electron chi connectivity index (χ0n) is 21.2. The topological polar surface area (TPSA) is 111 Å². The van der Waals surface area contributed by atoms with Gasteiger partial charge in [-0.2, -0.15) is 21.6 Å². The van der Waals surface area contributed by atoms with Gasteiger partial charge in [0.1, 0.15) is 17.3 Å². The smallest absolute Gasteiger partial charge is 0.390 e. The predicted octanol–water partition coefficient (Wildman–Crippen LogP) is 5.85. The molecule has 1 fully saturated rings. The van der Waals surface area contributed by atoms with E-state index in [2.05, 4.69) is 10.3 Å². The van der Waals surface area contributed by atoms with E-state index in [4.69, 9.17) is 27.4 Å². The number of imidazole rings is 1. The lowest BCUT2D eigenvalue weighted by Crippen LogP contribution is -2.40. The number of aliphatic hydroxyl groups excluding tert-OH is 1. The van der Waals surface area contributed by atoms with Gasteiger partial charge in [0.15, 0.2) is 0 Å². The number of aliphatic hydroxyl groups is 1. The Bertz CT molecular complexity index is 1490. The molecule has 2 N–H and O–H groups in total. The van der Waals surface area contributed by atoms with Crippen molar-refractivity contribution in [3.05, 3.63) is 63.9 Å². The van der Waals surface area contributed by atoms with Crippen molar-refractivity contribution in [2.45, 2.75) is 57.3 Å². The van der Waals surface area contributed by atoms with Gasteiger partial charge < -0.3 is 14.6 Å². The third-order valence-electron chi connectivity index (χ3n) is 6.43. The minimum atomic E-state index is -4.64. The molecule has 0 aliphatic heterocycles. The van der Waals surface area contributed by atoms with Crippen LogP contribution in [0.3, 0.4) is 0 Å². The summed E-state index contributed by atoms with van der Waals surface area (Å²) in [6.07, 6.45) is -4.02. The SMILES string of the molecule is Cc1c(C(=O)NC2CCCC(O)C2)nc(-c2ccc(Cl)cc2Cl)n1-c1ccc(OS(=O)(=O)CCC(F)(F)F)cc1. The summed E-state index contributed by atoms with van der Waals surface area (Å²) in [5.74, 6) is -1.52. The Labute approximate surface area is 239 Å². The quantitative estimate of drug-likeness (QED) is 0.306. The summed E-state index contributed by atoms with van der Waals surface area (Å²) in [5.41, 5.74) is 1.49. The van der Waals surface area contributed by atoms with Crippen LogP contribution in [0.1, 0.15) is 48.3 Å². The van der Waals surface area contributed by atoms with Gasteiger partial charge in [-0.05, 0) is 75.1 Å². The van der Waals surface area contributed by atoms with E-state index in [0.717, 1.165) is 12.8 Å².